The molecule has 0 spiro atoms. The van der Waals surface area contributed by atoms with Crippen LogP contribution in [0, 0.1) is 0 Å². The van der Waals surface area contributed by atoms with Crippen molar-refractivity contribution in [3.63, 3.8) is 0 Å². The number of aliphatic carboxylic acids is 1. The van der Waals surface area contributed by atoms with Gasteiger partial charge < -0.3 is 9.63 Å². The number of rotatable bonds is 3. The third kappa shape index (κ3) is 2.49. The first-order valence-electron chi connectivity index (χ1n) is 7.62. The van der Waals surface area contributed by atoms with Crippen molar-refractivity contribution in [1.29, 1.82) is 0 Å². The molecule has 0 saturated heterocycles. The van der Waals surface area contributed by atoms with Gasteiger partial charge in [-0.25, -0.2) is 0 Å². The molecule has 0 atom stereocenters. The molecule has 2 aromatic carbocycles. The number of carboxylic acid groups (broad SMARTS) is 1. The molecule has 3 aromatic rings. The average Bonchev–Trinajstić information content (AvgIpc) is 2.97. The van der Waals surface area contributed by atoms with Gasteiger partial charge in [0.2, 0.25) is 0 Å². The molecule has 0 fully saturated rings. The summed E-state index contributed by atoms with van der Waals surface area (Å²) in [6.07, 6.45) is 0.695. The second kappa shape index (κ2) is 5.52. The van der Waals surface area contributed by atoms with Gasteiger partial charge in [-0.15, -0.1) is 0 Å². The van der Waals surface area contributed by atoms with E-state index in [-0.39, 0.29) is 6.54 Å². The van der Waals surface area contributed by atoms with Crippen LogP contribution in [0.4, 0.5) is 0 Å². The van der Waals surface area contributed by atoms with E-state index in [0.717, 1.165) is 33.4 Å². The van der Waals surface area contributed by atoms with Crippen LogP contribution in [-0.2, 0) is 17.8 Å². The number of carbonyl (C=O) groups is 1. The van der Waals surface area contributed by atoms with Crippen molar-refractivity contribution >= 4 is 16.7 Å². The minimum absolute atomic E-state index is 0.0413. The molecule has 0 amide bonds. The first-order chi connectivity index (χ1) is 11.2. The van der Waals surface area contributed by atoms with Crippen molar-refractivity contribution in [2.45, 2.75) is 13.0 Å². The van der Waals surface area contributed by atoms with Crippen LogP contribution < -0.4 is 0 Å². The molecule has 23 heavy (non-hydrogen) atoms. The van der Waals surface area contributed by atoms with E-state index in [1.807, 2.05) is 29.2 Å². The number of nitrogens with zero attached hydrogens (tertiary/aromatic N) is 2. The third-order valence-electron chi connectivity index (χ3n) is 4.31. The van der Waals surface area contributed by atoms with Gasteiger partial charge in [-0.1, -0.05) is 47.6 Å². The first kappa shape index (κ1) is 14.0. The van der Waals surface area contributed by atoms with Gasteiger partial charge in [0.25, 0.3) is 0 Å². The summed E-state index contributed by atoms with van der Waals surface area (Å²) in [5.74, 6) is 0.0613. The molecular weight excluding hydrogens is 292 g/mol. The zero-order chi connectivity index (χ0) is 15.8. The highest BCUT2D eigenvalue weighted by Crippen LogP contribution is 2.34. The van der Waals surface area contributed by atoms with Gasteiger partial charge in [-0.2, -0.15) is 0 Å². The molecule has 5 heteroatoms. The summed E-state index contributed by atoms with van der Waals surface area (Å²) >= 11 is 0. The van der Waals surface area contributed by atoms with Gasteiger partial charge in [-0.05, 0) is 10.8 Å². The fraction of sp³-hybridized carbons (Fsp3) is 0.222. The number of fused-ring (bicyclic) bond motifs is 2. The Bertz CT molecular complexity index is 880. The monoisotopic (exact) mass is 308 g/mol. The van der Waals surface area contributed by atoms with Crippen LogP contribution in [0.25, 0.3) is 22.0 Å². The minimum Gasteiger partial charge on any atom is -0.480 e. The standard InChI is InChI=1S/C18H16N2O3/c21-17(22)11-20-9-8-16-15(10-20)18(19-23-16)14-7-3-5-12-4-1-2-6-13(12)14/h1-7H,8-11H2,(H,21,22). The predicted molar refractivity (Wildman–Crippen MR) is 86.1 cm³/mol. The van der Waals surface area contributed by atoms with Gasteiger partial charge in [0.15, 0.2) is 0 Å². The summed E-state index contributed by atoms with van der Waals surface area (Å²) in [5.41, 5.74) is 2.87. The third-order valence-corrected chi connectivity index (χ3v) is 4.31. The topological polar surface area (TPSA) is 66.6 Å². The van der Waals surface area contributed by atoms with E-state index in [1.54, 1.807) is 0 Å². The van der Waals surface area contributed by atoms with E-state index in [2.05, 4.69) is 23.4 Å². The van der Waals surface area contributed by atoms with Crippen LogP contribution in [0.1, 0.15) is 11.3 Å². The Labute approximate surface area is 133 Å². The predicted octanol–water partition coefficient (Wildman–Crippen LogP) is 2.94. The fourth-order valence-corrected chi connectivity index (χ4v) is 3.23. The lowest BCUT2D eigenvalue weighted by Crippen LogP contribution is -2.34. The molecule has 0 radical (unpaired) electrons. The highest BCUT2D eigenvalue weighted by atomic mass is 16.5. The molecule has 2 heterocycles. The van der Waals surface area contributed by atoms with E-state index in [9.17, 15) is 4.79 Å². The van der Waals surface area contributed by atoms with Crippen molar-refractivity contribution in [2.75, 3.05) is 13.1 Å². The Hall–Kier alpha value is -2.66. The molecule has 116 valence electrons. The van der Waals surface area contributed by atoms with Crippen LogP contribution in [0.2, 0.25) is 0 Å². The zero-order valence-electron chi connectivity index (χ0n) is 12.5. The minimum atomic E-state index is -0.809. The zero-order valence-corrected chi connectivity index (χ0v) is 12.5. The molecule has 5 nitrogen and oxygen atoms in total. The van der Waals surface area contributed by atoms with E-state index >= 15 is 0 Å². The summed E-state index contributed by atoms with van der Waals surface area (Å²) in [4.78, 5) is 12.9. The Morgan fingerprint density at radius 2 is 2.04 bits per heavy atom. The molecule has 1 aliphatic rings. The highest BCUT2D eigenvalue weighted by Gasteiger charge is 2.26. The van der Waals surface area contributed by atoms with Gasteiger partial charge in [-0.3, -0.25) is 9.69 Å². The van der Waals surface area contributed by atoms with E-state index in [4.69, 9.17) is 9.63 Å². The molecule has 0 aliphatic carbocycles. The smallest absolute Gasteiger partial charge is 0.317 e. The summed E-state index contributed by atoms with van der Waals surface area (Å²) in [5, 5.41) is 15.6. The second-order valence-electron chi connectivity index (χ2n) is 5.81. The number of carboxylic acids is 1. The molecule has 0 bridgehead atoms. The quantitative estimate of drug-likeness (QED) is 0.806. The lowest BCUT2D eigenvalue weighted by Gasteiger charge is -2.24. The molecular formula is C18H16N2O3. The number of benzene rings is 2. The van der Waals surface area contributed by atoms with E-state index in [0.29, 0.717) is 19.5 Å². The molecule has 1 aliphatic heterocycles. The molecule has 1 N–H and O–H groups in total. The second-order valence-corrected chi connectivity index (χ2v) is 5.81. The number of hydrogen-bond donors (Lipinski definition) is 1. The lowest BCUT2D eigenvalue weighted by molar-refractivity contribution is -0.138. The summed E-state index contributed by atoms with van der Waals surface area (Å²) in [6, 6.07) is 14.3. The van der Waals surface area contributed by atoms with Crippen LogP contribution >= 0.6 is 0 Å². The molecule has 0 saturated carbocycles. The van der Waals surface area contributed by atoms with Crippen molar-refractivity contribution in [1.82, 2.24) is 10.1 Å². The normalized spacial score (nSPS) is 14.8. The van der Waals surface area contributed by atoms with Gasteiger partial charge in [0.1, 0.15) is 11.5 Å². The van der Waals surface area contributed by atoms with Gasteiger partial charge in [0.05, 0.1) is 6.54 Å². The average molecular weight is 308 g/mol. The Morgan fingerprint density at radius 3 is 2.91 bits per heavy atom. The summed E-state index contributed by atoms with van der Waals surface area (Å²) in [7, 11) is 0. The van der Waals surface area contributed by atoms with Crippen LogP contribution in [0.15, 0.2) is 47.0 Å². The van der Waals surface area contributed by atoms with E-state index in [1.165, 1.54) is 0 Å². The summed E-state index contributed by atoms with van der Waals surface area (Å²) < 4.78 is 5.52. The maximum Gasteiger partial charge on any atom is 0.317 e. The van der Waals surface area contributed by atoms with Crippen molar-refractivity contribution < 1.29 is 14.4 Å². The maximum atomic E-state index is 11.0. The Morgan fingerprint density at radius 1 is 1.22 bits per heavy atom. The Kier molecular flexibility index (Phi) is 3.35. The SMILES string of the molecule is O=C(O)CN1CCc2onc(-c3cccc4ccccc34)c2C1. The van der Waals surface area contributed by atoms with Crippen LogP contribution in [0.3, 0.4) is 0 Å². The van der Waals surface area contributed by atoms with Crippen molar-refractivity contribution in [2.24, 2.45) is 0 Å². The highest BCUT2D eigenvalue weighted by molar-refractivity contribution is 5.96. The Balaban J connectivity index is 1.79. The van der Waals surface area contributed by atoms with Crippen LogP contribution in [0.5, 0.6) is 0 Å². The first-order valence-corrected chi connectivity index (χ1v) is 7.62. The van der Waals surface area contributed by atoms with Crippen molar-refractivity contribution in [3.05, 3.63) is 53.8 Å². The van der Waals surface area contributed by atoms with Crippen molar-refractivity contribution in [3.8, 4) is 11.3 Å². The van der Waals surface area contributed by atoms with Gasteiger partial charge in [0, 0.05) is 30.6 Å². The molecule has 1 aromatic heterocycles. The summed E-state index contributed by atoms with van der Waals surface area (Å²) in [6.45, 7) is 1.28. The molecule has 0 unspecified atom stereocenters. The van der Waals surface area contributed by atoms with E-state index < -0.39 is 5.97 Å². The van der Waals surface area contributed by atoms with Crippen LogP contribution in [-0.4, -0.2) is 34.2 Å². The number of hydrogen-bond acceptors (Lipinski definition) is 4. The largest absolute Gasteiger partial charge is 0.480 e. The maximum absolute atomic E-state index is 11.0. The fourth-order valence-electron chi connectivity index (χ4n) is 3.23. The van der Waals surface area contributed by atoms with Gasteiger partial charge >= 0.3 is 5.97 Å². The molecule has 4 rings (SSSR count). The number of aromatic nitrogens is 1. The lowest BCUT2D eigenvalue weighted by atomic mass is 9.97.